The van der Waals surface area contributed by atoms with Crippen LogP contribution in [0.2, 0.25) is 0 Å². The van der Waals surface area contributed by atoms with Gasteiger partial charge in [-0.15, -0.1) is 0 Å². The summed E-state index contributed by atoms with van der Waals surface area (Å²) < 4.78 is 38.1. The van der Waals surface area contributed by atoms with Crippen LogP contribution < -0.4 is 21.3 Å². The minimum atomic E-state index is -0.554. The molecule has 2 aliphatic heterocycles. The predicted octanol–water partition coefficient (Wildman–Crippen LogP) is 4.09. The fourth-order valence-electron chi connectivity index (χ4n) is 5.73. The molecule has 2 fully saturated rings. The number of urea groups is 1. The minimum Gasteiger partial charge on any atom is -0.447 e. The van der Waals surface area contributed by atoms with Crippen molar-refractivity contribution in [3.8, 4) is 0 Å². The lowest BCUT2D eigenvalue weighted by Crippen LogP contribution is -2.36. The maximum atomic E-state index is 12.0. The van der Waals surface area contributed by atoms with E-state index in [4.69, 9.17) is 33.2 Å². The van der Waals surface area contributed by atoms with Gasteiger partial charge in [-0.3, -0.25) is 4.79 Å². The number of carbonyl (C=O) groups excluding carboxylic acids is 3. The van der Waals surface area contributed by atoms with Crippen molar-refractivity contribution in [1.82, 2.24) is 21.3 Å². The van der Waals surface area contributed by atoms with Gasteiger partial charge in [0, 0.05) is 37.1 Å². The quantitative estimate of drug-likeness (QED) is 0.0351. The summed E-state index contributed by atoms with van der Waals surface area (Å²) in [5.41, 5.74) is 0. The molecule has 2 aliphatic rings. The molecule has 0 aliphatic carbocycles. The Balaban J connectivity index is 1.18. The normalized spacial score (nSPS) is 17.9. The second kappa shape index (κ2) is 34.0. The Morgan fingerprint density at radius 2 is 1.12 bits per heavy atom. The SMILES string of the molecule is O=C(CCCC[C@@H]1SC[C@H]2NC(=O)N[C@H]12)NCCNC(=O)OCCOCCOCCOCCOCCOCCOCCCCCCCCCCCS. The molecule has 2 rings (SSSR count). The highest BCUT2D eigenvalue weighted by atomic mass is 32.2. The molecule has 4 N–H and O–H groups in total. The number of rotatable bonds is 37. The van der Waals surface area contributed by atoms with Crippen LogP contribution in [0.15, 0.2) is 0 Å². The minimum absolute atomic E-state index is 0.0406. The number of hydrogen-bond donors (Lipinski definition) is 5. The number of hydrogen-bond acceptors (Lipinski definition) is 12. The molecule has 16 heteroatoms. The third-order valence-corrected chi connectivity index (χ3v) is 10.4. The first kappa shape index (κ1) is 46.6. The van der Waals surface area contributed by atoms with Gasteiger partial charge in [-0.1, -0.05) is 51.4 Å². The van der Waals surface area contributed by atoms with Crippen molar-refractivity contribution in [1.29, 1.82) is 0 Å². The van der Waals surface area contributed by atoms with Crippen LogP contribution in [0.1, 0.15) is 83.5 Å². The average Bonchev–Trinajstić information content (AvgIpc) is 3.70. The molecule has 0 aromatic carbocycles. The molecule has 2 heterocycles. The Labute approximate surface area is 321 Å². The number of unbranched alkanes of at least 4 members (excludes halogenated alkanes) is 9. The van der Waals surface area contributed by atoms with Gasteiger partial charge in [-0.25, -0.2) is 9.59 Å². The van der Waals surface area contributed by atoms with E-state index < -0.39 is 6.09 Å². The van der Waals surface area contributed by atoms with Crippen LogP contribution in [0.5, 0.6) is 0 Å². The largest absolute Gasteiger partial charge is 0.447 e. The van der Waals surface area contributed by atoms with Crippen LogP contribution in [0.3, 0.4) is 0 Å². The summed E-state index contributed by atoms with van der Waals surface area (Å²) in [6.45, 7) is 6.82. The highest BCUT2D eigenvalue weighted by Crippen LogP contribution is 2.33. The molecule has 0 saturated carbocycles. The Morgan fingerprint density at radius 3 is 1.69 bits per heavy atom. The molecule has 304 valence electrons. The third-order valence-electron chi connectivity index (χ3n) is 8.56. The van der Waals surface area contributed by atoms with Crippen molar-refractivity contribution < 1.29 is 47.5 Å². The second-order valence-electron chi connectivity index (χ2n) is 12.9. The first-order chi connectivity index (χ1) is 25.6. The second-order valence-corrected chi connectivity index (χ2v) is 14.6. The number of alkyl carbamates (subject to hydrolysis) is 1. The van der Waals surface area contributed by atoms with Gasteiger partial charge in [-0.05, 0) is 31.4 Å². The number of fused-ring (bicyclic) bond motifs is 1. The molecule has 0 aromatic rings. The van der Waals surface area contributed by atoms with E-state index in [1.807, 2.05) is 11.8 Å². The fourth-order valence-corrected chi connectivity index (χ4v) is 7.50. The number of nitrogens with one attached hydrogen (secondary N) is 4. The van der Waals surface area contributed by atoms with Gasteiger partial charge in [0.25, 0.3) is 0 Å². The van der Waals surface area contributed by atoms with Crippen LogP contribution in [0.4, 0.5) is 9.59 Å². The Hall–Kier alpha value is -1.53. The van der Waals surface area contributed by atoms with Crippen LogP contribution >= 0.6 is 24.4 Å². The Bertz CT molecular complexity index is 898. The number of thiol groups is 1. The first-order valence-corrected chi connectivity index (χ1v) is 21.2. The van der Waals surface area contributed by atoms with Gasteiger partial charge in [0.15, 0.2) is 0 Å². The van der Waals surface area contributed by atoms with E-state index in [-0.39, 0.29) is 43.8 Å². The van der Waals surface area contributed by atoms with E-state index in [1.165, 1.54) is 51.4 Å². The summed E-state index contributed by atoms with van der Waals surface area (Å²) in [5.74, 6) is 1.91. The highest BCUT2D eigenvalue weighted by Gasteiger charge is 2.42. The van der Waals surface area contributed by atoms with E-state index in [0.717, 1.165) is 43.8 Å². The summed E-state index contributed by atoms with van der Waals surface area (Å²) in [6.07, 6.45) is 14.2. The van der Waals surface area contributed by atoms with E-state index in [2.05, 4.69) is 33.9 Å². The molecule has 3 atom stereocenters. The van der Waals surface area contributed by atoms with Gasteiger partial charge in [0.05, 0.1) is 84.8 Å². The standard InChI is InChI=1S/C36H68N4O10S2/c41-33(13-9-8-12-32-34-31(30-52-32)39-35(42)40-34)37-14-15-38-36(43)50-28-27-49-26-25-48-24-23-47-22-21-46-20-19-45-18-17-44-16-10-6-4-2-1-3-5-7-11-29-51/h31-32,34,51H,1-30H2,(H,37,41)(H,38,43)(H2,39,40,42)/t31-,32+,34+/m1/s1. The highest BCUT2D eigenvalue weighted by molar-refractivity contribution is 8.00. The van der Waals surface area contributed by atoms with Crippen molar-refractivity contribution in [3.63, 3.8) is 0 Å². The Kier molecular flexibility index (Phi) is 30.5. The summed E-state index contributed by atoms with van der Waals surface area (Å²) >= 11 is 6.13. The lowest BCUT2D eigenvalue weighted by atomic mass is 10.0. The van der Waals surface area contributed by atoms with Crippen LogP contribution in [-0.4, -0.2) is 146 Å². The fraction of sp³-hybridized carbons (Fsp3) is 0.917. The molecule has 4 amide bonds. The molecular formula is C36H68N4O10S2. The summed E-state index contributed by atoms with van der Waals surface area (Å²) in [4.78, 5) is 35.3. The molecule has 0 aromatic heterocycles. The lowest BCUT2D eigenvalue weighted by Gasteiger charge is -2.16. The molecule has 0 radical (unpaired) electrons. The topological polar surface area (TPSA) is 164 Å². The van der Waals surface area contributed by atoms with Crippen molar-refractivity contribution in [3.05, 3.63) is 0 Å². The molecule has 14 nitrogen and oxygen atoms in total. The molecule has 2 saturated heterocycles. The van der Waals surface area contributed by atoms with E-state index in [1.54, 1.807) is 0 Å². The monoisotopic (exact) mass is 780 g/mol. The van der Waals surface area contributed by atoms with Gasteiger partial charge >= 0.3 is 12.1 Å². The van der Waals surface area contributed by atoms with Crippen molar-refractivity contribution in [2.45, 2.75) is 101 Å². The smallest absolute Gasteiger partial charge is 0.407 e. The van der Waals surface area contributed by atoms with Gasteiger partial charge < -0.3 is 54.4 Å². The van der Waals surface area contributed by atoms with Crippen molar-refractivity contribution >= 4 is 42.4 Å². The zero-order valence-corrected chi connectivity index (χ0v) is 33.1. The van der Waals surface area contributed by atoms with Crippen LogP contribution in [0, 0.1) is 0 Å². The zero-order valence-electron chi connectivity index (χ0n) is 31.4. The van der Waals surface area contributed by atoms with Crippen molar-refractivity contribution in [2.24, 2.45) is 0 Å². The van der Waals surface area contributed by atoms with E-state index >= 15 is 0 Å². The van der Waals surface area contributed by atoms with E-state index in [9.17, 15) is 14.4 Å². The molecular weight excluding hydrogens is 713 g/mol. The van der Waals surface area contributed by atoms with Crippen LogP contribution in [-0.2, 0) is 38.0 Å². The predicted molar refractivity (Wildman–Crippen MR) is 207 cm³/mol. The van der Waals surface area contributed by atoms with Crippen LogP contribution in [0.25, 0.3) is 0 Å². The van der Waals surface area contributed by atoms with Gasteiger partial charge in [-0.2, -0.15) is 24.4 Å². The molecule has 0 spiro atoms. The number of carbonyl (C=O) groups is 3. The molecule has 52 heavy (non-hydrogen) atoms. The maximum Gasteiger partial charge on any atom is 0.407 e. The Morgan fingerprint density at radius 1 is 0.615 bits per heavy atom. The van der Waals surface area contributed by atoms with Gasteiger partial charge in [0.2, 0.25) is 5.91 Å². The average molecular weight is 781 g/mol. The number of amides is 4. The maximum absolute atomic E-state index is 12.0. The first-order valence-electron chi connectivity index (χ1n) is 19.5. The van der Waals surface area contributed by atoms with Gasteiger partial charge in [0.1, 0.15) is 6.61 Å². The van der Waals surface area contributed by atoms with Crippen molar-refractivity contribution in [2.75, 3.05) is 110 Å². The third kappa shape index (κ3) is 26.3. The summed E-state index contributed by atoms with van der Waals surface area (Å²) in [6, 6.07) is 0.342. The summed E-state index contributed by atoms with van der Waals surface area (Å²) in [5, 5.41) is 11.7. The van der Waals surface area contributed by atoms with E-state index in [0.29, 0.717) is 84.3 Å². The molecule has 0 unspecified atom stereocenters. The molecule has 0 bridgehead atoms. The lowest BCUT2D eigenvalue weighted by molar-refractivity contribution is -0.121. The summed E-state index contributed by atoms with van der Waals surface area (Å²) in [7, 11) is 0. The number of ether oxygens (including phenoxy) is 7. The number of thioether (sulfide) groups is 1. The zero-order chi connectivity index (χ0) is 37.2.